The summed E-state index contributed by atoms with van der Waals surface area (Å²) < 4.78 is 1.87. The molecule has 5 N–H and O–H groups in total. The Morgan fingerprint density at radius 2 is 1.52 bits per heavy atom. The second-order valence-corrected chi connectivity index (χ2v) is 7.70. The molecule has 1 amide bonds. The van der Waals surface area contributed by atoms with Crippen LogP contribution in [0.1, 0.15) is 56.6 Å². The van der Waals surface area contributed by atoms with Crippen molar-refractivity contribution < 1.29 is 20.1 Å². The van der Waals surface area contributed by atoms with Crippen LogP contribution in [0.2, 0.25) is 0 Å². The molecule has 6 nitrogen and oxygen atoms in total. The molecule has 0 aliphatic heterocycles. The minimum Gasteiger partial charge on any atom is -0.397 e. The van der Waals surface area contributed by atoms with E-state index in [1.54, 1.807) is 6.92 Å². The molecule has 0 bridgehead atoms. The van der Waals surface area contributed by atoms with Gasteiger partial charge in [-0.1, -0.05) is 32.0 Å². The molecular formula is C21H30N2O4. The lowest BCUT2D eigenvalue weighted by Crippen LogP contribution is -2.38. The molecule has 148 valence electrons. The first-order valence-electron chi connectivity index (χ1n) is 9.14. The molecule has 1 aromatic heterocycles. The molecule has 0 fully saturated rings. The highest BCUT2D eigenvalue weighted by molar-refractivity contribution is 5.89. The molecule has 1 heterocycles. The van der Waals surface area contributed by atoms with Crippen molar-refractivity contribution in [2.24, 2.45) is 5.73 Å². The molecule has 27 heavy (non-hydrogen) atoms. The Balaban J connectivity index is 0.000000817. The number of aromatic nitrogens is 1. The van der Waals surface area contributed by atoms with Gasteiger partial charge in [-0.3, -0.25) is 4.79 Å². The van der Waals surface area contributed by atoms with E-state index in [2.05, 4.69) is 13.8 Å². The number of benzene rings is 1. The number of hydrogen-bond acceptors (Lipinski definition) is 4. The summed E-state index contributed by atoms with van der Waals surface area (Å²) in [6.45, 7) is 7.47. The number of fused-ring (bicyclic) bond motifs is 1. The summed E-state index contributed by atoms with van der Waals surface area (Å²) in [4.78, 5) is 12.3. The van der Waals surface area contributed by atoms with Crippen molar-refractivity contribution >= 4 is 5.91 Å². The van der Waals surface area contributed by atoms with Gasteiger partial charge in [-0.15, -0.1) is 0 Å². The highest BCUT2D eigenvalue weighted by Gasteiger charge is 2.53. The van der Waals surface area contributed by atoms with E-state index in [4.69, 9.17) is 10.8 Å². The van der Waals surface area contributed by atoms with Crippen molar-refractivity contribution in [3.63, 3.8) is 0 Å². The molecule has 6 heteroatoms. The SMILES string of the molecule is CC1(C)CC(C)(C(N)=O)c2c1c(CO)n(-c1ccccc1)c2CO.CCO. The summed E-state index contributed by atoms with van der Waals surface area (Å²) in [5, 5.41) is 27.7. The number of rotatable bonds is 4. The van der Waals surface area contributed by atoms with Crippen LogP contribution in [-0.2, 0) is 28.8 Å². The maximum atomic E-state index is 12.3. The van der Waals surface area contributed by atoms with Gasteiger partial charge >= 0.3 is 0 Å². The van der Waals surface area contributed by atoms with Gasteiger partial charge < -0.3 is 25.6 Å². The zero-order valence-corrected chi connectivity index (χ0v) is 16.5. The van der Waals surface area contributed by atoms with Gasteiger partial charge in [0.1, 0.15) is 0 Å². The average molecular weight is 374 g/mol. The van der Waals surface area contributed by atoms with Crippen LogP contribution in [0.4, 0.5) is 0 Å². The first-order chi connectivity index (χ1) is 12.7. The number of amides is 1. The van der Waals surface area contributed by atoms with Gasteiger partial charge in [0.25, 0.3) is 0 Å². The molecular weight excluding hydrogens is 344 g/mol. The highest BCUT2D eigenvalue weighted by Crippen LogP contribution is 2.53. The molecule has 0 radical (unpaired) electrons. The summed E-state index contributed by atoms with van der Waals surface area (Å²) in [5.41, 5.74) is 8.46. The van der Waals surface area contributed by atoms with Crippen LogP contribution in [-0.4, -0.2) is 32.4 Å². The van der Waals surface area contributed by atoms with Crippen molar-refractivity contribution in [3.05, 3.63) is 52.8 Å². The first-order valence-corrected chi connectivity index (χ1v) is 9.14. The van der Waals surface area contributed by atoms with Crippen LogP contribution in [0, 0.1) is 0 Å². The van der Waals surface area contributed by atoms with E-state index in [0.29, 0.717) is 12.1 Å². The number of carbonyl (C=O) groups excluding carboxylic acids is 1. The molecule has 3 rings (SSSR count). The number of hydrogen-bond donors (Lipinski definition) is 4. The smallest absolute Gasteiger partial charge is 0.227 e. The number of carbonyl (C=O) groups is 1. The topological polar surface area (TPSA) is 109 Å². The van der Waals surface area contributed by atoms with Gasteiger partial charge in [0, 0.05) is 12.3 Å². The lowest BCUT2D eigenvalue weighted by Gasteiger charge is -2.27. The van der Waals surface area contributed by atoms with E-state index in [1.807, 2.05) is 41.8 Å². The third-order valence-electron chi connectivity index (χ3n) is 5.25. The fourth-order valence-electron chi connectivity index (χ4n) is 4.46. The van der Waals surface area contributed by atoms with Crippen molar-refractivity contribution in [2.45, 2.75) is 58.2 Å². The normalized spacial score (nSPS) is 20.0. The average Bonchev–Trinajstić information content (AvgIpc) is 3.08. The van der Waals surface area contributed by atoms with Crippen LogP contribution >= 0.6 is 0 Å². The Hall–Kier alpha value is -2.15. The number of nitrogens with two attached hydrogens (primary N) is 1. The van der Waals surface area contributed by atoms with Crippen LogP contribution in [0.25, 0.3) is 5.69 Å². The summed E-state index contributed by atoms with van der Waals surface area (Å²) in [5.74, 6) is -0.404. The Morgan fingerprint density at radius 3 is 1.96 bits per heavy atom. The Kier molecular flexibility index (Phi) is 6.14. The maximum Gasteiger partial charge on any atom is 0.227 e. The number of nitrogens with zero attached hydrogens (tertiary/aromatic N) is 1. The summed E-state index contributed by atoms with van der Waals surface area (Å²) >= 11 is 0. The van der Waals surface area contributed by atoms with Crippen LogP contribution in [0.5, 0.6) is 0 Å². The summed E-state index contributed by atoms with van der Waals surface area (Å²) in [7, 11) is 0. The third kappa shape index (κ3) is 3.40. The second kappa shape index (κ2) is 7.84. The molecule has 0 saturated heterocycles. The molecule has 1 unspecified atom stereocenters. The fraction of sp³-hybridized carbons (Fsp3) is 0.476. The molecule has 1 aliphatic rings. The first kappa shape index (κ1) is 21.2. The number of aliphatic hydroxyl groups is 3. The van der Waals surface area contributed by atoms with E-state index in [1.165, 1.54) is 0 Å². The molecule has 2 aromatic rings. The summed E-state index contributed by atoms with van der Waals surface area (Å²) in [6, 6.07) is 9.56. The number of para-hydroxylation sites is 1. The van der Waals surface area contributed by atoms with Gasteiger partial charge in [-0.2, -0.15) is 0 Å². The molecule has 0 saturated carbocycles. The van der Waals surface area contributed by atoms with E-state index >= 15 is 0 Å². The largest absolute Gasteiger partial charge is 0.397 e. The quantitative estimate of drug-likeness (QED) is 0.655. The van der Waals surface area contributed by atoms with Crippen molar-refractivity contribution in [3.8, 4) is 5.69 Å². The predicted molar refractivity (Wildman–Crippen MR) is 105 cm³/mol. The third-order valence-corrected chi connectivity index (χ3v) is 5.25. The zero-order valence-electron chi connectivity index (χ0n) is 16.5. The minimum atomic E-state index is -0.860. The van der Waals surface area contributed by atoms with Crippen molar-refractivity contribution in [1.82, 2.24) is 4.57 Å². The number of primary amides is 1. The number of aliphatic hydroxyl groups excluding tert-OH is 3. The van der Waals surface area contributed by atoms with Gasteiger partial charge in [0.15, 0.2) is 0 Å². The Morgan fingerprint density at radius 1 is 1.04 bits per heavy atom. The molecule has 1 aromatic carbocycles. The van der Waals surface area contributed by atoms with E-state index in [0.717, 1.165) is 22.5 Å². The lowest BCUT2D eigenvalue weighted by molar-refractivity contribution is -0.123. The van der Waals surface area contributed by atoms with Gasteiger partial charge in [-0.25, -0.2) is 0 Å². The monoisotopic (exact) mass is 374 g/mol. The van der Waals surface area contributed by atoms with Gasteiger partial charge in [-0.05, 0) is 48.9 Å². The van der Waals surface area contributed by atoms with Crippen LogP contribution in [0.15, 0.2) is 30.3 Å². The molecule has 1 aliphatic carbocycles. The Bertz CT molecular complexity index is 811. The molecule has 1 atom stereocenters. The van der Waals surface area contributed by atoms with Gasteiger partial charge in [0.05, 0.1) is 30.0 Å². The van der Waals surface area contributed by atoms with Crippen LogP contribution < -0.4 is 5.73 Å². The maximum absolute atomic E-state index is 12.3. The van der Waals surface area contributed by atoms with Crippen molar-refractivity contribution in [2.75, 3.05) is 6.61 Å². The van der Waals surface area contributed by atoms with E-state index in [9.17, 15) is 15.0 Å². The van der Waals surface area contributed by atoms with Gasteiger partial charge in [0.2, 0.25) is 5.91 Å². The predicted octanol–water partition coefficient (Wildman–Crippen LogP) is 1.88. The van der Waals surface area contributed by atoms with Crippen LogP contribution in [0.3, 0.4) is 0 Å². The zero-order chi connectivity index (χ0) is 20.4. The lowest BCUT2D eigenvalue weighted by atomic mass is 9.78. The Labute approximate surface area is 160 Å². The fourth-order valence-corrected chi connectivity index (χ4v) is 4.46. The summed E-state index contributed by atoms with van der Waals surface area (Å²) in [6.07, 6.45) is 0.565. The standard InChI is InChI=1S/C19H24N2O3.C2H6O/c1-18(2)11-19(3,17(20)24)16-14(10-23)21(13(9-22)15(16)18)12-7-5-4-6-8-12;1-2-3/h4-8,22-23H,9-11H2,1-3H3,(H2,20,24);3H,2H2,1H3. The molecule has 0 spiro atoms. The highest BCUT2D eigenvalue weighted by atomic mass is 16.3. The van der Waals surface area contributed by atoms with E-state index < -0.39 is 11.3 Å². The minimum absolute atomic E-state index is 0.171. The van der Waals surface area contributed by atoms with E-state index in [-0.39, 0.29) is 25.2 Å². The second-order valence-electron chi connectivity index (χ2n) is 7.70. The van der Waals surface area contributed by atoms with Crippen molar-refractivity contribution in [1.29, 1.82) is 0 Å².